The quantitative estimate of drug-likeness (QED) is 0.224. The van der Waals surface area contributed by atoms with Crippen LogP contribution in [-0.2, 0) is 33.5 Å². The molecule has 1 aromatic rings. The molecule has 1 aromatic carbocycles. The zero-order chi connectivity index (χ0) is 38.5. The maximum atomic E-state index is 14.2. The molecule has 4 N–H and O–H groups in total. The summed E-state index contributed by atoms with van der Waals surface area (Å²) in [4.78, 5) is 96.6. The molecule has 1 aliphatic heterocycles. The number of piperidine rings is 1. The van der Waals surface area contributed by atoms with Crippen molar-refractivity contribution in [2.75, 3.05) is 20.6 Å². The van der Waals surface area contributed by atoms with Crippen LogP contribution in [0, 0.1) is 17.3 Å². The number of ether oxygens (including phenoxy) is 1. The molecule has 2 saturated carbocycles. The highest BCUT2D eigenvalue weighted by Gasteiger charge is 2.54. The Balaban J connectivity index is 1.46. The lowest BCUT2D eigenvalue weighted by Gasteiger charge is -2.40. The van der Waals surface area contributed by atoms with Crippen molar-refractivity contribution < 1.29 is 38.3 Å². The van der Waals surface area contributed by atoms with E-state index in [0.29, 0.717) is 18.4 Å². The monoisotopic (exact) mass is 724 g/mol. The molecule has 1 heterocycles. The Morgan fingerprint density at radius 3 is 2.10 bits per heavy atom. The van der Waals surface area contributed by atoms with E-state index in [1.54, 1.807) is 70.1 Å². The highest BCUT2D eigenvalue weighted by molar-refractivity contribution is 6.38. The molecule has 0 spiro atoms. The fourth-order valence-corrected chi connectivity index (χ4v) is 7.23. The summed E-state index contributed by atoms with van der Waals surface area (Å²) in [6.07, 6.45) is 4.25. The predicted octanol–water partition coefficient (Wildman–Crippen LogP) is 2.61. The largest absolute Gasteiger partial charge is 0.444 e. The van der Waals surface area contributed by atoms with Crippen LogP contribution in [-0.4, -0.2) is 102 Å². The van der Waals surface area contributed by atoms with E-state index >= 15 is 0 Å². The summed E-state index contributed by atoms with van der Waals surface area (Å²) in [6.45, 7) is 10.1. The number of nitrogens with one attached hydrogen (secondary N) is 4. The first-order chi connectivity index (χ1) is 24.3. The van der Waals surface area contributed by atoms with Gasteiger partial charge in [0.05, 0.1) is 12.6 Å². The van der Waals surface area contributed by atoms with Crippen molar-refractivity contribution in [1.82, 2.24) is 31.1 Å². The van der Waals surface area contributed by atoms with Gasteiger partial charge in [-0.25, -0.2) is 4.79 Å². The van der Waals surface area contributed by atoms with Gasteiger partial charge in [-0.2, -0.15) is 0 Å². The summed E-state index contributed by atoms with van der Waals surface area (Å²) < 4.78 is 5.44. The summed E-state index contributed by atoms with van der Waals surface area (Å²) in [7, 11) is 3.13. The maximum absolute atomic E-state index is 14.2. The van der Waals surface area contributed by atoms with Gasteiger partial charge in [-0.1, -0.05) is 70.4 Å². The summed E-state index contributed by atoms with van der Waals surface area (Å²) in [5, 5.41) is 10.6. The Morgan fingerprint density at radius 1 is 0.885 bits per heavy atom. The minimum atomic E-state index is -1.16. The number of alkyl carbamates (subject to hydrolysis) is 1. The highest BCUT2D eigenvalue weighted by Crippen LogP contribution is 2.44. The zero-order valence-electron chi connectivity index (χ0n) is 31.7. The molecular formula is C38H56N6O8. The van der Waals surface area contributed by atoms with Crippen LogP contribution in [0.4, 0.5) is 4.79 Å². The van der Waals surface area contributed by atoms with Gasteiger partial charge >= 0.3 is 6.09 Å². The van der Waals surface area contributed by atoms with E-state index in [9.17, 15) is 33.6 Å². The van der Waals surface area contributed by atoms with Crippen molar-refractivity contribution in [3.05, 3.63) is 35.9 Å². The molecule has 14 heteroatoms. The SMILES string of the molecule is CN(C)C(=O)[C@@H](NC(=O)CNC(=O)C(=O)C(CC1CCC1)NC(=O)[C@@H]1C2CCC(C2)N1C(=O)[C@@H](NC(=O)OC(C)(C)C)C(C)(C)C)c1ccccc1. The molecule has 0 aromatic heterocycles. The molecule has 14 nitrogen and oxygen atoms in total. The number of amides is 6. The molecule has 6 amide bonds. The van der Waals surface area contributed by atoms with Crippen LogP contribution < -0.4 is 21.3 Å². The highest BCUT2D eigenvalue weighted by atomic mass is 16.6. The average Bonchev–Trinajstić information content (AvgIpc) is 3.66. The Morgan fingerprint density at radius 2 is 1.54 bits per heavy atom. The van der Waals surface area contributed by atoms with E-state index in [4.69, 9.17) is 4.74 Å². The van der Waals surface area contributed by atoms with Gasteiger partial charge in [0.2, 0.25) is 29.4 Å². The molecule has 2 aliphatic carbocycles. The van der Waals surface area contributed by atoms with Gasteiger partial charge in [-0.05, 0) is 69.3 Å². The Kier molecular flexibility index (Phi) is 12.7. The van der Waals surface area contributed by atoms with E-state index in [-0.39, 0.29) is 30.2 Å². The zero-order valence-corrected chi connectivity index (χ0v) is 31.7. The van der Waals surface area contributed by atoms with Crippen LogP contribution in [0.3, 0.4) is 0 Å². The standard InChI is InChI=1S/C38H56N6O8/c1-37(2,3)31(42-36(51)52-38(4,5)6)35(50)44-25-18-17-24(20-25)29(44)32(47)40-26(19-22-13-12-14-22)30(46)33(48)39-21-27(45)41-28(34(49)43(7)8)23-15-10-9-11-16-23/h9-11,15-16,22,24-26,28-29,31H,12-14,17-21H2,1-8H3,(H,39,48)(H,40,47)(H,41,45)(H,42,51)/t24?,25?,26?,28-,29-,31+/m0/s1. The molecule has 3 fully saturated rings. The molecule has 2 bridgehead atoms. The Hall–Kier alpha value is -4.49. The number of benzene rings is 1. The minimum Gasteiger partial charge on any atom is -0.444 e. The van der Waals surface area contributed by atoms with Crippen LogP contribution in [0.1, 0.15) is 98.1 Å². The van der Waals surface area contributed by atoms with Crippen LogP contribution in [0.15, 0.2) is 30.3 Å². The molecule has 0 radical (unpaired) electrons. The summed E-state index contributed by atoms with van der Waals surface area (Å²) in [5.41, 5.74) is -0.939. The second-order valence-electron chi connectivity index (χ2n) is 16.6. The van der Waals surface area contributed by atoms with Crippen LogP contribution >= 0.6 is 0 Å². The Bertz CT molecular complexity index is 1510. The topological polar surface area (TPSA) is 183 Å². The number of carbonyl (C=O) groups is 7. The second kappa shape index (κ2) is 16.5. The van der Waals surface area contributed by atoms with Crippen LogP contribution in [0.5, 0.6) is 0 Å². The maximum Gasteiger partial charge on any atom is 0.408 e. The number of fused-ring (bicyclic) bond motifs is 2. The van der Waals surface area contributed by atoms with Gasteiger partial charge in [0.1, 0.15) is 23.7 Å². The van der Waals surface area contributed by atoms with Crippen LogP contribution in [0.25, 0.3) is 0 Å². The van der Waals surface area contributed by atoms with E-state index < -0.39 is 77.2 Å². The van der Waals surface area contributed by atoms with E-state index in [2.05, 4.69) is 21.3 Å². The number of carbonyl (C=O) groups excluding carboxylic acids is 7. The molecule has 52 heavy (non-hydrogen) atoms. The number of likely N-dealkylation sites (N-methyl/N-ethyl adjacent to an activating group) is 1. The van der Waals surface area contributed by atoms with Crippen molar-refractivity contribution in [2.45, 2.75) is 122 Å². The van der Waals surface area contributed by atoms with Gasteiger partial charge in [-0.3, -0.25) is 28.8 Å². The first-order valence-corrected chi connectivity index (χ1v) is 18.3. The summed E-state index contributed by atoms with van der Waals surface area (Å²) in [5.74, 6) is -3.91. The number of likely N-dealkylation sites (tertiary alicyclic amines) is 1. The lowest BCUT2D eigenvalue weighted by molar-refractivity contribution is -0.147. The van der Waals surface area contributed by atoms with Crippen molar-refractivity contribution in [3.8, 4) is 0 Å². The average molecular weight is 725 g/mol. The summed E-state index contributed by atoms with van der Waals surface area (Å²) in [6, 6.07) is 4.43. The number of rotatable bonds is 13. The second-order valence-corrected chi connectivity index (χ2v) is 16.6. The van der Waals surface area contributed by atoms with Crippen molar-refractivity contribution in [1.29, 1.82) is 0 Å². The van der Waals surface area contributed by atoms with E-state index in [1.807, 2.05) is 20.8 Å². The van der Waals surface area contributed by atoms with Gasteiger partial charge in [-0.15, -0.1) is 0 Å². The van der Waals surface area contributed by atoms with Crippen molar-refractivity contribution in [2.24, 2.45) is 17.3 Å². The Labute approximate surface area is 306 Å². The molecule has 1 saturated heterocycles. The molecule has 3 aliphatic rings. The third kappa shape index (κ3) is 10.1. The third-order valence-electron chi connectivity index (χ3n) is 10.1. The normalized spacial score (nSPS) is 21.5. The fraction of sp³-hybridized carbons (Fsp3) is 0.658. The lowest BCUT2D eigenvalue weighted by Crippen LogP contribution is -2.62. The van der Waals surface area contributed by atoms with Crippen LogP contribution in [0.2, 0.25) is 0 Å². The van der Waals surface area contributed by atoms with Gasteiger partial charge in [0.25, 0.3) is 5.91 Å². The first kappa shape index (κ1) is 40.3. The molecule has 6 atom stereocenters. The first-order valence-electron chi connectivity index (χ1n) is 18.3. The van der Waals surface area contributed by atoms with Crippen molar-refractivity contribution >= 4 is 41.4 Å². The van der Waals surface area contributed by atoms with E-state index in [1.165, 1.54) is 4.90 Å². The summed E-state index contributed by atoms with van der Waals surface area (Å²) >= 11 is 0. The number of hydrogen-bond acceptors (Lipinski definition) is 8. The lowest BCUT2D eigenvalue weighted by atomic mass is 9.80. The smallest absolute Gasteiger partial charge is 0.408 e. The number of ketones is 1. The molecule has 286 valence electrons. The van der Waals surface area contributed by atoms with Gasteiger partial charge in [0.15, 0.2) is 0 Å². The molecular weight excluding hydrogens is 668 g/mol. The molecule has 4 rings (SSSR count). The third-order valence-corrected chi connectivity index (χ3v) is 10.1. The predicted molar refractivity (Wildman–Crippen MR) is 192 cm³/mol. The van der Waals surface area contributed by atoms with Gasteiger partial charge in [0, 0.05) is 20.1 Å². The minimum absolute atomic E-state index is 0.134. The van der Waals surface area contributed by atoms with Gasteiger partial charge < -0.3 is 35.8 Å². The number of Topliss-reactive ketones (excluding diaryl/α,β-unsaturated/α-hetero) is 1. The van der Waals surface area contributed by atoms with Crippen molar-refractivity contribution in [3.63, 3.8) is 0 Å². The fourth-order valence-electron chi connectivity index (χ4n) is 7.23. The molecule has 3 unspecified atom stereocenters. The number of nitrogens with zero attached hydrogens (tertiary/aromatic N) is 2. The number of hydrogen-bond donors (Lipinski definition) is 4. The van der Waals surface area contributed by atoms with E-state index in [0.717, 1.165) is 25.7 Å².